The first-order valence-corrected chi connectivity index (χ1v) is 19.2. The van der Waals surface area contributed by atoms with Crippen LogP contribution in [0.15, 0.2) is 119 Å². The van der Waals surface area contributed by atoms with Gasteiger partial charge in [-0.15, -0.1) is 0 Å². The summed E-state index contributed by atoms with van der Waals surface area (Å²) in [5, 5.41) is 0. The number of halogens is 2. The van der Waals surface area contributed by atoms with E-state index in [0.717, 1.165) is 6.42 Å². The first kappa shape index (κ1) is 31.2. The van der Waals surface area contributed by atoms with Crippen molar-refractivity contribution in [3.05, 3.63) is 163 Å². The molecule has 3 heteroatoms. The van der Waals surface area contributed by atoms with Gasteiger partial charge in [-0.1, -0.05) is 0 Å². The predicted molar refractivity (Wildman–Crippen MR) is 176 cm³/mol. The van der Waals surface area contributed by atoms with Gasteiger partial charge in [0, 0.05) is 0 Å². The zero-order valence-corrected chi connectivity index (χ0v) is 29.6. The Labute approximate surface area is 282 Å². The molecule has 0 fully saturated rings. The third kappa shape index (κ3) is 4.88. The van der Waals surface area contributed by atoms with E-state index in [1.165, 1.54) is 44.5 Å². The average molecular weight is 691 g/mol. The minimum atomic E-state index is -2.70. The third-order valence-electron chi connectivity index (χ3n) is 9.90. The first-order chi connectivity index (χ1) is 20.3. The molecule has 0 nitrogen and oxygen atoms in total. The fourth-order valence-corrected chi connectivity index (χ4v) is 16.7. The molecule has 4 aromatic rings. The van der Waals surface area contributed by atoms with Gasteiger partial charge in [0.15, 0.2) is 0 Å². The monoisotopic (exact) mass is 688 g/mol. The second kappa shape index (κ2) is 11.5. The van der Waals surface area contributed by atoms with Crippen LogP contribution in [0, 0.1) is 0 Å². The first-order valence-electron chi connectivity index (χ1n) is 15.3. The van der Waals surface area contributed by atoms with Crippen molar-refractivity contribution in [2.45, 2.75) is 48.6 Å². The summed E-state index contributed by atoms with van der Waals surface area (Å²) < 4.78 is 3.73. The largest absolute Gasteiger partial charge is 1.00 e. The number of rotatable bonds is 4. The van der Waals surface area contributed by atoms with Crippen LogP contribution in [0.3, 0.4) is 0 Å². The minimum absolute atomic E-state index is 0. The van der Waals surface area contributed by atoms with Crippen LogP contribution < -0.4 is 24.8 Å². The molecule has 0 unspecified atom stereocenters. The Morgan fingerprint density at radius 1 is 0.659 bits per heavy atom. The molecule has 0 amide bonds. The van der Waals surface area contributed by atoms with Crippen LogP contribution in [0.4, 0.5) is 0 Å². The van der Waals surface area contributed by atoms with Crippen LogP contribution in [-0.4, -0.2) is 3.21 Å². The van der Waals surface area contributed by atoms with Gasteiger partial charge in [0.2, 0.25) is 0 Å². The van der Waals surface area contributed by atoms with Crippen molar-refractivity contribution in [3.63, 3.8) is 0 Å². The maximum atomic E-state index is 2.62. The second-order valence-electron chi connectivity index (χ2n) is 13.4. The van der Waals surface area contributed by atoms with Gasteiger partial charge in [0.25, 0.3) is 0 Å². The smallest absolute Gasteiger partial charge is 1.00 e. The summed E-state index contributed by atoms with van der Waals surface area (Å²) in [4.78, 5) is 0. The normalized spacial score (nSPS) is 17.0. The van der Waals surface area contributed by atoms with Crippen LogP contribution in [0.5, 0.6) is 0 Å². The summed E-state index contributed by atoms with van der Waals surface area (Å²) in [6, 6.07) is 32.9. The van der Waals surface area contributed by atoms with Crippen molar-refractivity contribution in [3.8, 4) is 11.1 Å². The van der Waals surface area contributed by atoms with Gasteiger partial charge in [0.05, 0.1) is 0 Å². The van der Waals surface area contributed by atoms with E-state index >= 15 is 0 Å². The molecular formula is C41H36Cl2Zr. The maximum absolute atomic E-state index is 2.70. The van der Waals surface area contributed by atoms with Crippen molar-refractivity contribution in [1.82, 2.24) is 0 Å². The molecule has 0 bridgehead atoms. The van der Waals surface area contributed by atoms with Crippen LogP contribution in [0.2, 0.25) is 0 Å². The van der Waals surface area contributed by atoms with Gasteiger partial charge in [-0.05, 0) is 0 Å². The van der Waals surface area contributed by atoms with Gasteiger partial charge >= 0.3 is 259 Å². The summed E-state index contributed by atoms with van der Waals surface area (Å²) in [6.45, 7) is 9.48. The van der Waals surface area contributed by atoms with Gasteiger partial charge in [-0.25, -0.2) is 0 Å². The molecule has 4 aliphatic carbocycles. The SMILES string of the molecule is CC1(C)C=Cc2cc3c(cc21)[CH]([Zr+2]([C]1=CC=CC1)=[C](c1ccccc1)c1ccccc1)c1cc2c(cc1-3)C=CC2(C)C.[Cl-].[Cl-]. The quantitative estimate of drug-likeness (QED) is 0.303. The van der Waals surface area contributed by atoms with Gasteiger partial charge in [-0.2, -0.15) is 0 Å². The number of allylic oxidation sites excluding steroid dienone is 6. The van der Waals surface area contributed by atoms with E-state index in [2.05, 4.69) is 155 Å². The molecule has 0 heterocycles. The Balaban J connectivity index is 0.00000171. The third-order valence-corrected chi connectivity index (χ3v) is 18.2. The summed E-state index contributed by atoms with van der Waals surface area (Å²) >= 11 is -2.70. The molecule has 4 aromatic carbocycles. The number of hydrogen-bond acceptors (Lipinski definition) is 0. The van der Waals surface area contributed by atoms with Crippen LogP contribution in [-0.2, 0) is 32.1 Å². The maximum Gasteiger partial charge on any atom is -1.00 e. The average Bonchev–Trinajstić information content (AvgIpc) is 3.76. The molecule has 0 radical (unpaired) electrons. The van der Waals surface area contributed by atoms with Crippen LogP contribution in [0.1, 0.15) is 82.2 Å². The second-order valence-corrected chi connectivity index (χ2v) is 19.7. The molecule has 218 valence electrons. The molecule has 0 N–H and O–H groups in total. The molecule has 44 heavy (non-hydrogen) atoms. The number of hydrogen-bond donors (Lipinski definition) is 0. The number of benzene rings is 4. The summed E-state index contributed by atoms with van der Waals surface area (Å²) in [6.07, 6.45) is 17.8. The predicted octanol–water partition coefficient (Wildman–Crippen LogP) is 4.10. The Morgan fingerprint density at radius 3 is 1.57 bits per heavy atom. The Kier molecular flexibility index (Phi) is 8.16. The van der Waals surface area contributed by atoms with Gasteiger partial charge in [-0.3, -0.25) is 0 Å². The Morgan fingerprint density at radius 2 is 1.14 bits per heavy atom. The van der Waals surface area contributed by atoms with E-state index in [1.807, 2.05) is 0 Å². The van der Waals surface area contributed by atoms with Crippen molar-refractivity contribution >= 4 is 15.4 Å². The zero-order valence-electron chi connectivity index (χ0n) is 25.7. The zero-order chi connectivity index (χ0) is 28.6. The fourth-order valence-electron chi connectivity index (χ4n) is 7.68. The Hall–Kier alpha value is -2.83. The molecule has 0 saturated carbocycles. The van der Waals surface area contributed by atoms with E-state index in [-0.39, 0.29) is 35.6 Å². The molecule has 0 atom stereocenters. The van der Waals surface area contributed by atoms with Gasteiger partial charge < -0.3 is 24.8 Å². The molecule has 0 aromatic heterocycles. The van der Waals surface area contributed by atoms with Crippen LogP contribution >= 0.6 is 0 Å². The Bertz CT molecular complexity index is 1810. The van der Waals surface area contributed by atoms with E-state index in [9.17, 15) is 0 Å². The molecule has 4 aliphatic rings. The van der Waals surface area contributed by atoms with Crippen molar-refractivity contribution in [1.29, 1.82) is 0 Å². The molecular weight excluding hydrogens is 655 g/mol. The molecule has 0 aliphatic heterocycles. The van der Waals surface area contributed by atoms with Crippen molar-refractivity contribution in [2.24, 2.45) is 0 Å². The summed E-state index contributed by atoms with van der Waals surface area (Å²) in [5.74, 6) is 0. The van der Waals surface area contributed by atoms with Crippen molar-refractivity contribution in [2.75, 3.05) is 0 Å². The number of fused-ring (bicyclic) bond motifs is 5. The van der Waals surface area contributed by atoms with Crippen LogP contribution in [0.25, 0.3) is 23.3 Å². The van der Waals surface area contributed by atoms with E-state index < -0.39 is 21.3 Å². The topological polar surface area (TPSA) is 0 Å². The molecule has 8 rings (SSSR count). The fraction of sp³-hybridized carbons (Fsp3) is 0.195. The van der Waals surface area contributed by atoms with E-state index in [0.29, 0.717) is 3.63 Å². The standard InChI is InChI=1S/C23H21.C13H10.C5H5.2ClH.Zr/c1-22(2)7-5-14-10-18-16(12-20(14)22)9-17-13-21-15(11-19(17)18)6-8-23(21,3)4;1-3-7-12(8-4-1)11-13-9-5-2-6-10-13;1-2-4-5-3-1;;;/h5-13H,1-4H3;1-10H;1-3H,4H2;2*1H;/q;;;;;+2/p-2. The van der Waals surface area contributed by atoms with E-state index in [4.69, 9.17) is 0 Å². The summed E-state index contributed by atoms with van der Waals surface area (Å²) in [7, 11) is 0. The van der Waals surface area contributed by atoms with Gasteiger partial charge in [0.1, 0.15) is 0 Å². The minimum Gasteiger partial charge on any atom is -1.00 e. The van der Waals surface area contributed by atoms with Crippen molar-refractivity contribution < 1.29 is 46.1 Å². The summed E-state index contributed by atoms with van der Waals surface area (Å²) in [5.41, 5.74) is 14.7. The molecule has 0 spiro atoms. The molecule has 0 saturated heterocycles. The van der Waals surface area contributed by atoms with E-state index in [1.54, 1.807) is 17.6 Å².